The number of amides is 1. The first kappa shape index (κ1) is 14.0. The van der Waals surface area contributed by atoms with E-state index in [1.165, 1.54) is 0 Å². The van der Waals surface area contributed by atoms with Crippen molar-refractivity contribution in [1.29, 1.82) is 0 Å². The van der Waals surface area contributed by atoms with E-state index in [1.807, 2.05) is 26.2 Å². The van der Waals surface area contributed by atoms with Crippen LogP contribution in [0.5, 0.6) is 0 Å². The van der Waals surface area contributed by atoms with Crippen LogP contribution < -0.4 is 10.2 Å². The third-order valence-electron chi connectivity index (χ3n) is 3.86. The Balaban J connectivity index is 1.85. The minimum atomic E-state index is -0.163. The number of nitrogens with one attached hydrogen (secondary N) is 1. The summed E-state index contributed by atoms with van der Waals surface area (Å²) in [5.74, 6) is -0.118. The van der Waals surface area contributed by atoms with E-state index in [4.69, 9.17) is 11.6 Å². The van der Waals surface area contributed by atoms with Gasteiger partial charge in [-0.15, -0.1) is 0 Å². The normalized spacial score (nSPS) is 16.5. The fourth-order valence-electron chi connectivity index (χ4n) is 2.67. The Morgan fingerprint density at radius 3 is 2.52 bits per heavy atom. The van der Waals surface area contributed by atoms with Crippen molar-refractivity contribution in [3.8, 4) is 0 Å². The first-order chi connectivity index (χ1) is 10.0. The summed E-state index contributed by atoms with van der Waals surface area (Å²) in [6.45, 7) is 0. The number of hydrogen-bond acceptors (Lipinski definition) is 2. The average molecular weight is 301 g/mol. The molecule has 21 heavy (non-hydrogen) atoms. The Morgan fingerprint density at radius 2 is 1.86 bits per heavy atom. The Bertz CT molecular complexity index is 680. The van der Waals surface area contributed by atoms with Gasteiger partial charge in [-0.25, -0.2) is 0 Å². The highest BCUT2D eigenvalue weighted by Gasteiger charge is 2.30. The maximum atomic E-state index is 12.2. The Morgan fingerprint density at radius 1 is 1.14 bits per heavy atom. The quantitative estimate of drug-likeness (QED) is 0.938. The topological polar surface area (TPSA) is 32.3 Å². The van der Waals surface area contributed by atoms with Crippen molar-refractivity contribution in [1.82, 2.24) is 0 Å². The molecule has 0 radical (unpaired) electrons. The zero-order valence-corrected chi connectivity index (χ0v) is 12.8. The molecule has 3 rings (SSSR count). The van der Waals surface area contributed by atoms with E-state index in [0.717, 1.165) is 22.5 Å². The summed E-state index contributed by atoms with van der Waals surface area (Å²) in [6, 6.07) is 13.8. The number of nitrogens with zero attached hydrogens (tertiary/aromatic N) is 1. The number of fused-ring (bicyclic) bond motifs is 1. The molecule has 2 aromatic rings. The van der Waals surface area contributed by atoms with Gasteiger partial charge in [-0.1, -0.05) is 23.7 Å². The molecule has 1 aliphatic rings. The van der Waals surface area contributed by atoms with Crippen LogP contribution in [-0.2, 0) is 11.2 Å². The number of benzene rings is 2. The highest BCUT2D eigenvalue weighted by atomic mass is 35.5. The molecule has 3 nitrogen and oxygen atoms in total. The number of carbonyl (C=O) groups excluding carboxylic acids is 1. The van der Waals surface area contributed by atoms with E-state index in [0.29, 0.717) is 11.4 Å². The van der Waals surface area contributed by atoms with Crippen molar-refractivity contribution in [2.45, 2.75) is 12.3 Å². The highest BCUT2D eigenvalue weighted by molar-refractivity contribution is 6.31. The number of hydrogen-bond donors (Lipinski definition) is 1. The second-order valence-electron chi connectivity index (χ2n) is 5.54. The van der Waals surface area contributed by atoms with Gasteiger partial charge in [-0.2, -0.15) is 0 Å². The molecular weight excluding hydrogens is 284 g/mol. The lowest BCUT2D eigenvalue weighted by Crippen LogP contribution is -2.14. The smallest absolute Gasteiger partial charge is 0.232 e. The molecule has 1 amide bonds. The van der Waals surface area contributed by atoms with E-state index in [2.05, 4.69) is 34.5 Å². The molecule has 0 aliphatic carbocycles. The molecule has 0 saturated carbocycles. The molecular formula is C17H17ClN2O. The van der Waals surface area contributed by atoms with Crippen LogP contribution in [0.1, 0.15) is 17.0 Å². The van der Waals surface area contributed by atoms with Gasteiger partial charge in [0.1, 0.15) is 0 Å². The highest BCUT2D eigenvalue weighted by Crippen LogP contribution is 2.36. The summed E-state index contributed by atoms with van der Waals surface area (Å²) < 4.78 is 0. The molecule has 0 fully saturated rings. The predicted octanol–water partition coefficient (Wildman–Crippen LogP) is 3.68. The fourth-order valence-corrected chi connectivity index (χ4v) is 2.85. The van der Waals surface area contributed by atoms with Gasteiger partial charge in [-0.05, 0) is 47.9 Å². The summed E-state index contributed by atoms with van der Waals surface area (Å²) in [4.78, 5) is 14.2. The third kappa shape index (κ3) is 2.74. The largest absolute Gasteiger partial charge is 0.378 e. The first-order valence-corrected chi connectivity index (χ1v) is 7.29. The summed E-state index contributed by atoms with van der Waals surface area (Å²) in [7, 11) is 4.02. The van der Waals surface area contributed by atoms with Gasteiger partial charge in [0, 0.05) is 30.5 Å². The van der Waals surface area contributed by atoms with Crippen LogP contribution in [0.3, 0.4) is 0 Å². The maximum Gasteiger partial charge on any atom is 0.232 e. The molecule has 1 N–H and O–H groups in total. The van der Waals surface area contributed by atoms with Gasteiger partial charge in [0.15, 0.2) is 0 Å². The monoisotopic (exact) mass is 300 g/mol. The zero-order chi connectivity index (χ0) is 15.0. The summed E-state index contributed by atoms with van der Waals surface area (Å²) in [5.41, 5.74) is 4.16. The van der Waals surface area contributed by atoms with Gasteiger partial charge < -0.3 is 10.2 Å². The van der Waals surface area contributed by atoms with Gasteiger partial charge >= 0.3 is 0 Å². The van der Waals surface area contributed by atoms with Crippen LogP contribution in [0.4, 0.5) is 11.4 Å². The van der Waals surface area contributed by atoms with Crippen molar-refractivity contribution < 1.29 is 4.79 Å². The van der Waals surface area contributed by atoms with Crippen LogP contribution in [0.15, 0.2) is 42.5 Å². The molecule has 108 valence electrons. The van der Waals surface area contributed by atoms with Crippen molar-refractivity contribution in [2.75, 3.05) is 24.3 Å². The van der Waals surface area contributed by atoms with Gasteiger partial charge in [0.2, 0.25) is 5.91 Å². The summed E-state index contributed by atoms with van der Waals surface area (Å²) >= 11 is 6.05. The number of anilines is 2. The fraction of sp³-hybridized carbons (Fsp3) is 0.235. The lowest BCUT2D eigenvalue weighted by atomic mass is 9.93. The molecule has 4 heteroatoms. The zero-order valence-electron chi connectivity index (χ0n) is 12.1. The van der Waals surface area contributed by atoms with E-state index in [1.54, 1.807) is 6.07 Å². The van der Waals surface area contributed by atoms with Crippen LogP contribution in [0.25, 0.3) is 0 Å². The van der Waals surface area contributed by atoms with Crippen LogP contribution in [-0.4, -0.2) is 20.0 Å². The predicted molar refractivity (Wildman–Crippen MR) is 87.3 cm³/mol. The standard InChI is InChI=1S/C17H17ClN2O/c1-20(2)13-6-3-11(4-7-13)9-15-14-10-12(18)5-8-16(14)19-17(15)21/h3-8,10,15H,9H2,1-2H3,(H,19,21). The maximum absolute atomic E-state index is 12.2. The Labute approximate surface area is 129 Å². The number of rotatable bonds is 3. The van der Waals surface area contributed by atoms with Gasteiger partial charge in [0.05, 0.1) is 5.92 Å². The molecule has 0 spiro atoms. The SMILES string of the molecule is CN(C)c1ccc(CC2C(=O)Nc3ccc(Cl)cc32)cc1. The van der Waals surface area contributed by atoms with Crippen LogP contribution >= 0.6 is 11.6 Å². The molecule has 2 aromatic carbocycles. The van der Waals surface area contributed by atoms with Crippen LogP contribution in [0.2, 0.25) is 5.02 Å². The molecule has 0 aromatic heterocycles. The molecule has 1 atom stereocenters. The second-order valence-corrected chi connectivity index (χ2v) is 5.97. The van der Waals surface area contributed by atoms with Gasteiger partial charge in [-0.3, -0.25) is 4.79 Å². The van der Waals surface area contributed by atoms with E-state index in [9.17, 15) is 4.79 Å². The minimum Gasteiger partial charge on any atom is -0.378 e. The summed E-state index contributed by atoms with van der Waals surface area (Å²) in [6.07, 6.45) is 0.687. The van der Waals surface area contributed by atoms with Crippen LogP contribution in [0, 0.1) is 0 Å². The summed E-state index contributed by atoms with van der Waals surface area (Å²) in [5, 5.41) is 3.58. The lowest BCUT2D eigenvalue weighted by Gasteiger charge is -2.14. The minimum absolute atomic E-state index is 0.0453. The lowest BCUT2D eigenvalue weighted by molar-refractivity contribution is -0.117. The molecule has 0 saturated heterocycles. The molecule has 0 bridgehead atoms. The molecule has 1 aliphatic heterocycles. The van der Waals surface area contributed by atoms with Crippen molar-refractivity contribution >= 4 is 28.9 Å². The third-order valence-corrected chi connectivity index (χ3v) is 4.09. The molecule has 1 unspecified atom stereocenters. The van der Waals surface area contributed by atoms with Crippen molar-refractivity contribution in [2.24, 2.45) is 0 Å². The molecule has 1 heterocycles. The van der Waals surface area contributed by atoms with E-state index < -0.39 is 0 Å². The Kier molecular flexibility index (Phi) is 3.60. The second kappa shape index (κ2) is 5.41. The average Bonchev–Trinajstić information content (AvgIpc) is 2.76. The van der Waals surface area contributed by atoms with Crippen molar-refractivity contribution in [3.05, 3.63) is 58.6 Å². The number of carbonyl (C=O) groups is 1. The van der Waals surface area contributed by atoms with E-state index >= 15 is 0 Å². The Hall–Kier alpha value is -2.00. The first-order valence-electron chi connectivity index (χ1n) is 6.91. The number of halogens is 1. The van der Waals surface area contributed by atoms with Crippen molar-refractivity contribution in [3.63, 3.8) is 0 Å². The van der Waals surface area contributed by atoms with E-state index in [-0.39, 0.29) is 11.8 Å². The van der Waals surface area contributed by atoms with Gasteiger partial charge in [0.25, 0.3) is 0 Å².